The van der Waals surface area contributed by atoms with Crippen molar-refractivity contribution >= 4 is 11.9 Å². The highest BCUT2D eigenvalue weighted by molar-refractivity contribution is 5.93. The van der Waals surface area contributed by atoms with Crippen LogP contribution in [0.25, 0.3) is 0 Å². The molecule has 0 amide bonds. The van der Waals surface area contributed by atoms with Crippen LogP contribution in [0.2, 0.25) is 0 Å². The number of nitrogens with zero attached hydrogens (tertiary/aromatic N) is 1. The number of allylic oxidation sites excluding steroid dienone is 1. The Kier molecular flexibility index (Phi) is 7.10. The van der Waals surface area contributed by atoms with Gasteiger partial charge in [-0.25, -0.2) is 4.79 Å². The molecule has 160 valence electrons. The van der Waals surface area contributed by atoms with E-state index < -0.39 is 58.6 Å². The third-order valence-electron chi connectivity index (χ3n) is 4.18. The molecule has 1 aromatic rings. The lowest BCUT2D eigenvalue weighted by molar-refractivity contribution is -0.143. The summed E-state index contributed by atoms with van der Waals surface area (Å²) in [7, 11) is 0. The van der Waals surface area contributed by atoms with Gasteiger partial charge in [0.05, 0.1) is 30.3 Å². The lowest BCUT2D eigenvalue weighted by Crippen LogP contribution is -2.28. The Morgan fingerprint density at radius 3 is 2.40 bits per heavy atom. The van der Waals surface area contributed by atoms with Crippen molar-refractivity contribution in [2.24, 2.45) is 5.73 Å². The molecule has 7 nitrogen and oxygen atoms in total. The van der Waals surface area contributed by atoms with E-state index in [0.29, 0.717) is 0 Å². The van der Waals surface area contributed by atoms with Gasteiger partial charge in [0.15, 0.2) is 0 Å². The van der Waals surface area contributed by atoms with E-state index in [1.807, 2.05) is 0 Å². The first kappa shape index (κ1) is 22.8. The van der Waals surface area contributed by atoms with Crippen LogP contribution in [0.5, 0.6) is 0 Å². The molecule has 0 saturated carbocycles. The van der Waals surface area contributed by atoms with Crippen LogP contribution in [0.3, 0.4) is 0 Å². The van der Waals surface area contributed by atoms with Crippen LogP contribution in [-0.2, 0) is 30.0 Å². The zero-order valence-electron chi connectivity index (χ0n) is 16.2. The number of esters is 2. The van der Waals surface area contributed by atoms with Crippen molar-refractivity contribution < 1.29 is 37.0 Å². The van der Waals surface area contributed by atoms with Crippen LogP contribution in [0.4, 0.5) is 13.2 Å². The number of carbonyl (C=O) groups is 2. The Hall–Kier alpha value is -3.48. The van der Waals surface area contributed by atoms with E-state index in [2.05, 4.69) is 0 Å². The van der Waals surface area contributed by atoms with Gasteiger partial charge in [-0.05, 0) is 25.5 Å². The van der Waals surface area contributed by atoms with Crippen molar-refractivity contribution in [1.82, 2.24) is 0 Å². The summed E-state index contributed by atoms with van der Waals surface area (Å²) >= 11 is 0. The lowest BCUT2D eigenvalue weighted by Gasteiger charge is -2.29. The van der Waals surface area contributed by atoms with E-state index in [0.717, 1.165) is 12.1 Å². The SMILES string of the molecule is CCOC(=O)CC1=C(C(=O)OCC)[C@@H](c2ccccc2C(F)(F)F)C(C#N)=C(N)O1. The smallest absolute Gasteiger partial charge is 0.416 e. The van der Waals surface area contributed by atoms with E-state index in [1.165, 1.54) is 19.1 Å². The summed E-state index contributed by atoms with van der Waals surface area (Å²) in [5.41, 5.74) is 3.51. The minimum atomic E-state index is -4.77. The van der Waals surface area contributed by atoms with Crippen molar-refractivity contribution in [3.63, 3.8) is 0 Å². The van der Waals surface area contributed by atoms with Gasteiger partial charge in [-0.1, -0.05) is 18.2 Å². The van der Waals surface area contributed by atoms with Gasteiger partial charge in [-0.3, -0.25) is 4.79 Å². The fourth-order valence-electron chi connectivity index (χ4n) is 3.04. The van der Waals surface area contributed by atoms with Gasteiger partial charge in [0, 0.05) is 0 Å². The Morgan fingerprint density at radius 2 is 1.83 bits per heavy atom. The van der Waals surface area contributed by atoms with Crippen molar-refractivity contribution in [2.75, 3.05) is 13.2 Å². The molecule has 0 unspecified atom stereocenters. The van der Waals surface area contributed by atoms with Gasteiger partial charge in [0.25, 0.3) is 0 Å². The number of alkyl halides is 3. The number of halogens is 3. The molecule has 1 aromatic carbocycles. The summed E-state index contributed by atoms with van der Waals surface area (Å²) in [6.45, 7) is 3.01. The number of hydrogen-bond donors (Lipinski definition) is 1. The summed E-state index contributed by atoms with van der Waals surface area (Å²) in [5.74, 6) is -4.19. The maximum absolute atomic E-state index is 13.6. The molecule has 1 atom stereocenters. The molecule has 1 heterocycles. The van der Waals surface area contributed by atoms with Crippen molar-refractivity contribution in [1.29, 1.82) is 5.26 Å². The zero-order valence-corrected chi connectivity index (χ0v) is 16.2. The van der Waals surface area contributed by atoms with Gasteiger partial charge in [0.2, 0.25) is 5.88 Å². The Labute approximate surface area is 170 Å². The highest BCUT2D eigenvalue weighted by Crippen LogP contribution is 2.45. The molecule has 0 aliphatic carbocycles. The van der Waals surface area contributed by atoms with Crippen molar-refractivity contribution in [3.8, 4) is 6.07 Å². The van der Waals surface area contributed by atoms with Crippen LogP contribution in [-0.4, -0.2) is 25.2 Å². The van der Waals surface area contributed by atoms with Crippen LogP contribution in [0.15, 0.2) is 47.1 Å². The summed E-state index contributed by atoms with van der Waals surface area (Å²) in [6, 6.07) is 6.17. The van der Waals surface area contributed by atoms with Crippen LogP contribution < -0.4 is 5.73 Å². The molecule has 0 fully saturated rings. The Bertz CT molecular complexity index is 944. The van der Waals surface area contributed by atoms with E-state index in [9.17, 15) is 28.0 Å². The summed E-state index contributed by atoms with van der Waals surface area (Å²) in [6.07, 6.45) is -5.35. The molecular formula is C20H19F3N2O5. The predicted octanol–water partition coefficient (Wildman–Crippen LogP) is 3.28. The van der Waals surface area contributed by atoms with Gasteiger partial charge >= 0.3 is 18.1 Å². The highest BCUT2D eigenvalue weighted by atomic mass is 19.4. The van der Waals surface area contributed by atoms with E-state index in [-0.39, 0.29) is 19.0 Å². The number of nitrogens with two attached hydrogens (primary N) is 1. The Balaban J connectivity index is 2.78. The number of rotatable bonds is 6. The lowest BCUT2D eigenvalue weighted by atomic mass is 9.80. The van der Waals surface area contributed by atoms with Crippen LogP contribution in [0.1, 0.15) is 37.3 Å². The number of ether oxygens (including phenoxy) is 3. The second-order valence-corrected chi connectivity index (χ2v) is 6.05. The maximum Gasteiger partial charge on any atom is 0.416 e. The minimum absolute atomic E-state index is 0.0377. The second kappa shape index (κ2) is 9.35. The molecule has 0 spiro atoms. The van der Waals surface area contributed by atoms with Gasteiger partial charge in [-0.15, -0.1) is 0 Å². The first-order valence-corrected chi connectivity index (χ1v) is 8.95. The molecule has 0 aromatic heterocycles. The topological polar surface area (TPSA) is 112 Å². The normalized spacial score (nSPS) is 16.6. The van der Waals surface area contributed by atoms with Gasteiger partial charge < -0.3 is 19.9 Å². The monoisotopic (exact) mass is 424 g/mol. The molecular weight excluding hydrogens is 405 g/mol. The van der Waals surface area contributed by atoms with Crippen molar-refractivity contribution in [3.05, 3.63) is 58.2 Å². The molecule has 1 aliphatic rings. The van der Waals surface area contributed by atoms with Crippen LogP contribution in [0, 0.1) is 11.3 Å². The molecule has 0 bridgehead atoms. The summed E-state index contributed by atoms with van der Waals surface area (Å²) in [4.78, 5) is 24.7. The van der Waals surface area contributed by atoms with E-state index >= 15 is 0 Å². The zero-order chi connectivity index (χ0) is 22.5. The molecule has 1 aliphatic heterocycles. The first-order chi connectivity index (χ1) is 14.1. The Morgan fingerprint density at radius 1 is 1.20 bits per heavy atom. The quantitative estimate of drug-likeness (QED) is 0.698. The summed E-state index contributed by atoms with van der Waals surface area (Å²) < 4.78 is 56.0. The number of benzene rings is 1. The van der Waals surface area contributed by atoms with E-state index in [4.69, 9.17) is 19.9 Å². The average molecular weight is 424 g/mol. The minimum Gasteiger partial charge on any atom is -0.466 e. The fourth-order valence-corrected chi connectivity index (χ4v) is 3.04. The van der Waals surface area contributed by atoms with E-state index in [1.54, 1.807) is 13.0 Å². The molecule has 2 rings (SSSR count). The molecule has 0 saturated heterocycles. The first-order valence-electron chi connectivity index (χ1n) is 8.95. The maximum atomic E-state index is 13.6. The number of hydrogen-bond acceptors (Lipinski definition) is 7. The number of nitriles is 1. The van der Waals surface area contributed by atoms with Crippen molar-refractivity contribution in [2.45, 2.75) is 32.4 Å². The largest absolute Gasteiger partial charge is 0.466 e. The molecule has 10 heteroatoms. The molecule has 0 radical (unpaired) electrons. The summed E-state index contributed by atoms with van der Waals surface area (Å²) in [5, 5.41) is 9.55. The van der Waals surface area contributed by atoms with Gasteiger partial charge in [-0.2, -0.15) is 18.4 Å². The highest BCUT2D eigenvalue weighted by Gasteiger charge is 2.43. The standard InChI is InChI=1S/C20H19F3N2O5/c1-3-28-15(26)9-14-17(19(27)29-4-2)16(12(10-24)18(25)30-14)11-7-5-6-8-13(11)20(21,22)23/h5-8,16H,3-4,9,25H2,1-2H3/t16-/m0/s1. The molecule has 30 heavy (non-hydrogen) atoms. The average Bonchev–Trinajstić information content (AvgIpc) is 2.67. The third-order valence-corrected chi connectivity index (χ3v) is 4.18. The number of carbonyl (C=O) groups excluding carboxylic acids is 2. The predicted molar refractivity (Wildman–Crippen MR) is 97.0 cm³/mol. The van der Waals surface area contributed by atoms with Crippen LogP contribution >= 0.6 is 0 Å². The van der Waals surface area contributed by atoms with Gasteiger partial charge in [0.1, 0.15) is 23.8 Å². The fraction of sp³-hybridized carbons (Fsp3) is 0.350. The second-order valence-electron chi connectivity index (χ2n) is 6.05. The third kappa shape index (κ3) is 4.74. The molecule has 2 N–H and O–H groups in total.